The van der Waals surface area contributed by atoms with Gasteiger partial charge in [0.05, 0.1) is 0 Å². The van der Waals surface area contributed by atoms with Crippen LogP contribution in [0.4, 0.5) is 8.78 Å². The molecule has 25 heavy (non-hydrogen) atoms. The highest BCUT2D eigenvalue weighted by atomic mass is 19.2. The monoisotopic (exact) mass is 340 g/mol. The Morgan fingerprint density at radius 3 is 2.28 bits per heavy atom. The van der Waals surface area contributed by atoms with Gasteiger partial charge in [-0.15, -0.1) is 0 Å². The molecule has 1 aliphatic heterocycles. The van der Waals surface area contributed by atoms with E-state index in [1.807, 2.05) is 24.3 Å². The fourth-order valence-corrected chi connectivity index (χ4v) is 2.49. The highest BCUT2D eigenvalue weighted by Crippen LogP contribution is 2.23. The first-order chi connectivity index (χ1) is 11.7. The van der Waals surface area contributed by atoms with Crippen LogP contribution < -0.4 is 5.32 Å². The Morgan fingerprint density at radius 2 is 1.68 bits per heavy atom. The molecule has 2 aromatic rings. The van der Waals surface area contributed by atoms with Crippen LogP contribution in [0.25, 0.3) is 6.08 Å². The van der Waals surface area contributed by atoms with Crippen molar-refractivity contribution < 1.29 is 13.6 Å². The third kappa shape index (κ3) is 3.65. The van der Waals surface area contributed by atoms with E-state index in [9.17, 15) is 13.6 Å². The average molecular weight is 340 g/mol. The van der Waals surface area contributed by atoms with Gasteiger partial charge in [-0.3, -0.25) is 4.79 Å². The summed E-state index contributed by atoms with van der Waals surface area (Å²) >= 11 is 0. The number of hydrogen-bond donors (Lipinski definition) is 1. The van der Waals surface area contributed by atoms with Crippen molar-refractivity contribution in [3.8, 4) is 0 Å². The van der Waals surface area contributed by atoms with Gasteiger partial charge in [-0.25, -0.2) is 13.8 Å². The van der Waals surface area contributed by atoms with E-state index in [4.69, 9.17) is 0 Å². The van der Waals surface area contributed by atoms with Crippen molar-refractivity contribution >= 4 is 17.8 Å². The topological polar surface area (TPSA) is 41.5 Å². The number of amidine groups is 1. The Labute approximate surface area is 145 Å². The van der Waals surface area contributed by atoms with Gasteiger partial charge < -0.3 is 5.32 Å². The molecular weight excluding hydrogens is 322 g/mol. The molecule has 0 fully saturated rings. The normalized spacial score (nSPS) is 16.1. The molecule has 3 rings (SSSR count). The number of aliphatic imine (C=N–C) groups is 1. The molecule has 0 saturated heterocycles. The second-order valence-electron chi connectivity index (χ2n) is 6.95. The summed E-state index contributed by atoms with van der Waals surface area (Å²) in [5.74, 6) is -2.09. The second kappa shape index (κ2) is 6.24. The van der Waals surface area contributed by atoms with Crippen LogP contribution in [0, 0.1) is 11.6 Å². The van der Waals surface area contributed by atoms with Crippen LogP contribution in [0.2, 0.25) is 0 Å². The number of rotatable bonds is 2. The molecule has 0 saturated carbocycles. The zero-order valence-corrected chi connectivity index (χ0v) is 14.2. The summed E-state index contributed by atoms with van der Waals surface area (Å²) in [5, 5.41) is 2.58. The highest BCUT2D eigenvalue weighted by molar-refractivity contribution is 6.19. The Hall–Kier alpha value is -2.82. The Kier molecular flexibility index (Phi) is 4.25. The molecule has 0 bridgehead atoms. The smallest absolute Gasteiger partial charge is 0.275 e. The van der Waals surface area contributed by atoms with Crippen molar-refractivity contribution in [2.75, 3.05) is 0 Å². The first-order valence-electron chi connectivity index (χ1n) is 7.92. The SMILES string of the molecule is CC(C)(C)c1ccc(/C=C2/N=C(c3ccc(F)c(F)c3)NC2=O)cc1. The predicted molar refractivity (Wildman–Crippen MR) is 94.2 cm³/mol. The maximum Gasteiger partial charge on any atom is 0.275 e. The first-order valence-corrected chi connectivity index (χ1v) is 7.92. The van der Waals surface area contributed by atoms with E-state index in [-0.39, 0.29) is 22.9 Å². The van der Waals surface area contributed by atoms with Crippen LogP contribution in [0.15, 0.2) is 53.2 Å². The molecule has 1 amide bonds. The van der Waals surface area contributed by atoms with E-state index in [1.165, 1.54) is 11.6 Å². The number of carbonyl (C=O) groups is 1. The minimum atomic E-state index is -0.982. The lowest BCUT2D eigenvalue weighted by molar-refractivity contribution is -0.115. The van der Waals surface area contributed by atoms with Crippen molar-refractivity contribution in [3.05, 3.63) is 76.5 Å². The minimum absolute atomic E-state index is 0.0500. The van der Waals surface area contributed by atoms with Crippen molar-refractivity contribution in [2.45, 2.75) is 26.2 Å². The van der Waals surface area contributed by atoms with Gasteiger partial charge in [0, 0.05) is 5.56 Å². The Bertz CT molecular complexity index is 891. The van der Waals surface area contributed by atoms with Gasteiger partial charge in [0.2, 0.25) is 0 Å². The highest BCUT2D eigenvalue weighted by Gasteiger charge is 2.22. The largest absolute Gasteiger partial charge is 0.305 e. The molecule has 1 heterocycles. The van der Waals surface area contributed by atoms with Crippen LogP contribution in [-0.2, 0) is 10.2 Å². The molecule has 2 aromatic carbocycles. The van der Waals surface area contributed by atoms with Crippen LogP contribution in [-0.4, -0.2) is 11.7 Å². The van der Waals surface area contributed by atoms with Crippen LogP contribution in [0.5, 0.6) is 0 Å². The number of carbonyl (C=O) groups excluding carboxylic acids is 1. The lowest BCUT2D eigenvalue weighted by Gasteiger charge is -2.18. The lowest BCUT2D eigenvalue weighted by atomic mass is 9.87. The number of benzene rings is 2. The third-order valence-corrected chi connectivity index (χ3v) is 3.97. The van der Waals surface area contributed by atoms with Crippen molar-refractivity contribution in [1.29, 1.82) is 0 Å². The summed E-state index contributed by atoms with van der Waals surface area (Å²) in [7, 11) is 0. The van der Waals surface area contributed by atoms with Crippen molar-refractivity contribution in [2.24, 2.45) is 4.99 Å². The number of nitrogens with zero attached hydrogens (tertiary/aromatic N) is 1. The number of halogens is 2. The molecule has 1 aliphatic rings. The zero-order valence-electron chi connectivity index (χ0n) is 14.2. The van der Waals surface area contributed by atoms with E-state index >= 15 is 0 Å². The number of hydrogen-bond acceptors (Lipinski definition) is 2. The molecular formula is C20H18F2N2O. The predicted octanol–water partition coefficient (Wildman–Crippen LogP) is 4.18. The van der Waals surface area contributed by atoms with Gasteiger partial charge in [-0.05, 0) is 40.8 Å². The minimum Gasteiger partial charge on any atom is -0.305 e. The average Bonchev–Trinajstić information content (AvgIpc) is 2.91. The van der Waals surface area contributed by atoms with Gasteiger partial charge in [0.15, 0.2) is 11.6 Å². The summed E-state index contributed by atoms with van der Waals surface area (Å²) in [6.07, 6.45) is 1.66. The fourth-order valence-electron chi connectivity index (χ4n) is 2.49. The maximum atomic E-state index is 13.4. The summed E-state index contributed by atoms with van der Waals surface area (Å²) < 4.78 is 26.4. The molecule has 128 valence electrons. The van der Waals surface area contributed by atoms with Gasteiger partial charge in [0.1, 0.15) is 11.5 Å². The Balaban J connectivity index is 1.89. The van der Waals surface area contributed by atoms with E-state index in [0.29, 0.717) is 5.56 Å². The maximum absolute atomic E-state index is 13.4. The molecule has 0 unspecified atom stereocenters. The van der Waals surface area contributed by atoms with Crippen molar-refractivity contribution in [3.63, 3.8) is 0 Å². The van der Waals surface area contributed by atoms with E-state index in [2.05, 4.69) is 31.1 Å². The summed E-state index contributed by atoms with van der Waals surface area (Å²) in [4.78, 5) is 16.3. The van der Waals surface area contributed by atoms with E-state index in [0.717, 1.165) is 17.7 Å². The molecule has 3 nitrogen and oxygen atoms in total. The fraction of sp³-hybridized carbons (Fsp3) is 0.200. The number of amides is 1. The van der Waals surface area contributed by atoms with Gasteiger partial charge >= 0.3 is 0 Å². The van der Waals surface area contributed by atoms with E-state index in [1.54, 1.807) is 6.08 Å². The molecule has 0 atom stereocenters. The quantitative estimate of drug-likeness (QED) is 0.819. The molecule has 5 heteroatoms. The lowest BCUT2D eigenvalue weighted by Crippen LogP contribution is -2.24. The summed E-state index contributed by atoms with van der Waals surface area (Å²) in [6.45, 7) is 6.38. The molecule has 1 N–H and O–H groups in total. The Morgan fingerprint density at radius 1 is 1.00 bits per heavy atom. The molecule has 0 aromatic heterocycles. The van der Waals surface area contributed by atoms with Crippen LogP contribution in [0.3, 0.4) is 0 Å². The second-order valence-corrected chi connectivity index (χ2v) is 6.95. The van der Waals surface area contributed by atoms with Crippen LogP contribution >= 0.6 is 0 Å². The molecule has 0 aliphatic carbocycles. The summed E-state index contributed by atoms with van der Waals surface area (Å²) in [6, 6.07) is 11.3. The van der Waals surface area contributed by atoms with Gasteiger partial charge in [-0.2, -0.15) is 0 Å². The van der Waals surface area contributed by atoms with Crippen molar-refractivity contribution in [1.82, 2.24) is 5.32 Å². The van der Waals surface area contributed by atoms with Gasteiger partial charge in [-0.1, -0.05) is 45.0 Å². The third-order valence-electron chi connectivity index (χ3n) is 3.97. The molecule has 0 radical (unpaired) electrons. The van der Waals surface area contributed by atoms with E-state index < -0.39 is 11.6 Å². The van der Waals surface area contributed by atoms with Crippen LogP contribution in [0.1, 0.15) is 37.5 Å². The standard InChI is InChI=1S/C20H18F2N2O/c1-20(2,3)14-7-4-12(5-8-14)10-17-19(25)24-18(23-17)13-6-9-15(21)16(22)11-13/h4-11H,1-3H3,(H,23,24,25)/b17-10+. The molecule has 0 spiro atoms. The van der Waals surface area contributed by atoms with Gasteiger partial charge in [0.25, 0.3) is 5.91 Å². The summed E-state index contributed by atoms with van der Waals surface area (Å²) in [5.41, 5.74) is 2.63. The first kappa shape index (κ1) is 17.0. The zero-order chi connectivity index (χ0) is 18.2. The number of nitrogens with one attached hydrogen (secondary N) is 1.